The summed E-state index contributed by atoms with van der Waals surface area (Å²) in [5.41, 5.74) is -0.976. The van der Waals surface area contributed by atoms with Crippen molar-refractivity contribution in [1.29, 1.82) is 0 Å². The summed E-state index contributed by atoms with van der Waals surface area (Å²) < 4.78 is 4.55. The van der Waals surface area contributed by atoms with Crippen molar-refractivity contribution in [2.75, 3.05) is 7.11 Å². The molecule has 0 amide bonds. The van der Waals surface area contributed by atoms with Crippen LogP contribution < -0.4 is 0 Å². The van der Waals surface area contributed by atoms with Crippen LogP contribution in [-0.2, 0) is 14.3 Å². The maximum Gasteiger partial charge on any atom is 0.308 e. The molecule has 0 aliphatic carbocycles. The molecule has 0 heterocycles. The van der Waals surface area contributed by atoms with Crippen LogP contribution in [0.2, 0.25) is 0 Å². The van der Waals surface area contributed by atoms with Gasteiger partial charge in [-0.2, -0.15) is 0 Å². The SMILES string of the molecule is C=CCC(C)[C@H](C)[C@@H](C)C(=O)C(C)(C)C(O)CC(=O)OC. The standard InChI is InChI=1S/C17H30O4/c1-8-9-11(2)12(3)13(4)16(20)17(5,6)14(18)10-15(19)21-7/h8,11-14,18H,1,9-10H2,2-7H3/t11?,12-,13+,14?/m0/s1. The summed E-state index contributed by atoms with van der Waals surface area (Å²) in [6, 6.07) is 0. The van der Waals surface area contributed by atoms with Gasteiger partial charge in [0, 0.05) is 5.92 Å². The average Bonchev–Trinajstić information content (AvgIpc) is 2.44. The molecule has 0 saturated carbocycles. The van der Waals surface area contributed by atoms with Crippen molar-refractivity contribution < 1.29 is 19.4 Å². The number of ether oxygens (including phenoxy) is 1. The number of esters is 1. The van der Waals surface area contributed by atoms with E-state index in [4.69, 9.17) is 0 Å². The van der Waals surface area contributed by atoms with Gasteiger partial charge in [0.25, 0.3) is 0 Å². The van der Waals surface area contributed by atoms with E-state index in [-0.39, 0.29) is 24.0 Å². The van der Waals surface area contributed by atoms with E-state index in [0.29, 0.717) is 5.92 Å². The molecule has 4 atom stereocenters. The Bertz CT molecular complexity index is 373. The highest BCUT2D eigenvalue weighted by Gasteiger charge is 2.41. The second-order valence-electron chi connectivity index (χ2n) is 6.53. The van der Waals surface area contributed by atoms with Gasteiger partial charge in [0.1, 0.15) is 5.78 Å². The van der Waals surface area contributed by atoms with E-state index in [0.717, 1.165) is 6.42 Å². The minimum Gasteiger partial charge on any atom is -0.469 e. The second kappa shape index (κ2) is 8.32. The average molecular weight is 298 g/mol. The maximum atomic E-state index is 12.7. The van der Waals surface area contributed by atoms with Gasteiger partial charge in [-0.25, -0.2) is 0 Å². The lowest BCUT2D eigenvalue weighted by Gasteiger charge is -2.34. The van der Waals surface area contributed by atoms with Crippen molar-refractivity contribution in [2.45, 2.75) is 53.6 Å². The number of ketones is 1. The van der Waals surface area contributed by atoms with Crippen LogP contribution in [0.1, 0.15) is 47.5 Å². The Morgan fingerprint density at radius 1 is 1.29 bits per heavy atom. The molecule has 0 rings (SSSR count). The fourth-order valence-corrected chi connectivity index (χ4v) is 2.46. The normalized spacial score (nSPS) is 17.5. The lowest BCUT2D eigenvalue weighted by molar-refractivity contribution is -0.148. The Morgan fingerprint density at radius 2 is 1.81 bits per heavy atom. The van der Waals surface area contributed by atoms with Gasteiger partial charge in [0.05, 0.1) is 25.0 Å². The van der Waals surface area contributed by atoms with Gasteiger partial charge in [-0.05, 0) is 18.3 Å². The highest BCUT2D eigenvalue weighted by molar-refractivity contribution is 5.87. The van der Waals surface area contributed by atoms with Crippen molar-refractivity contribution in [2.24, 2.45) is 23.2 Å². The summed E-state index contributed by atoms with van der Waals surface area (Å²) >= 11 is 0. The molecular formula is C17H30O4. The van der Waals surface area contributed by atoms with Gasteiger partial charge < -0.3 is 9.84 Å². The quantitative estimate of drug-likeness (QED) is 0.525. The topological polar surface area (TPSA) is 63.6 Å². The van der Waals surface area contributed by atoms with E-state index in [9.17, 15) is 14.7 Å². The first kappa shape index (κ1) is 19.8. The van der Waals surface area contributed by atoms with Gasteiger partial charge in [0.15, 0.2) is 0 Å². The van der Waals surface area contributed by atoms with Crippen LogP contribution in [0.25, 0.3) is 0 Å². The predicted molar refractivity (Wildman–Crippen MR) is 83.7 cm³/mol. The Balaban J connectivity index is 4.94. The van der Waals surface area contributed by atoms with Crippen molar-refractivity contribution in [3.05, 3.63) is 12.7 Å². The van der Waals surface area contributed by atoms with Gasteiger partial charge >= 0.3 is 5.97 Å². The number of hydrogen-bond donors (Lipinski definition) is 1. The third kappa shape index (κ3) is 5.27. The highest BCUT2D eigenvalue weighted by atomic mass is 16.5. The molecule has 0 aliphatic heterocycles. The number of aliphatic hydroxyl groups excluding tert-OH is 1. The molecular weight excluding hydrogens is 268 g/mol. The minimum atomic E-state index is -1.04. The van der Waals surface area contributed by atoms with E-state index in [1.165, 1.54) is 7.11 Å². The molecule has 122 valence electrons. The van der Waals surface area contributed by atoms with Crippen molar-refractivity contribution >= 4 is 11.8 Å². The van der Waals surface area contributed by atoms with Crippen LogP contribution in [0.4, 0.5) is 0 Å². The van der Waals surface area contributed by atoms with Crippen LogP contribution in [0.15, 0.2) is 12.7 Å². The zero-order chi connectivity index (χ0) is 16.8. The molecule has 0 bridgehead atoms. The van der Waals surface area contributed by atoms with Crippen LogP contribution in [-0.4, -0.2) is 30.1 Å². The van der Waals surface area contributed by atoms with Gasteiger partial charge in [-0.1, -0.05) is 40.7 Å². The van der Waals surface area contributed by atoms with Crippen molar-refractivity contribution in [3.8, 4) is 0 Å². The van der Waals surface area contributed by atoms with E-state index in [1.807, 2.05) is 19.9 Å². The fraction of sp³-hybridized carbons (Fsp3) is 0.765. The third-order valence-electron chi connectivity index (χ3n) is 4.69. The van der Waals surface area contributed by atoms with Gasteiger partial charge in [-0.3, -0.25) is 9.59 Å². The number of carbonyl (C=O) groups is 2. The zero-order valence-electron chi connectivity index (χ0n) is 14.2. The van der Waals surface area contributed by atoms with E-state index in [1.54, 1.807) is 13.8 Å². The van der Waals surface area contributed by atoms with E-state index < -0.39 is 17.5 Å². The lowest BCUT2D eigenvalue weighted by atomic mass is 9.70. The molecule has 0 aromatic heterocycles. The second-order valence-corrected chi connectivity index (χ2v) is 6.53. The molecule has 1 N–H and O–H groups in total. The molecule has 0 aliphatic rings. The Kier molecular flexibility index (Phi) is 7.86. The first-order valence-electron chi connectivity index (χ1n) is 7.49. The molecule has 0 aromatic rings. The molecule has 0 spiro atoms. The van der Waals surface area contributed by atoms with E-state index in [2.05, 4.69) is 18.2 Å². The first-order chi connectivity index (χ1) is 9.59. The number of carbonyl (C=O) groups excluding carboxylic acids is 2. The van der Waals surface area contributed by atoms with Gasteiger partial charge in [0.2, 0.25) is 0 Å². The lowest BCUT2D eigenvalue weighted by Crippen LogP contribution is -2.43. The summed E-state index contributed by atoms with van der Waals surface area (Å²) in [5, 5.41) is 10.2. The molecule has 21 heavy (non-hydrogen) atoms. The zero-order valence-corrected chi connectivity index (χ0v) is 14.2. The molecule has 0 saturated heterocycles. The highest BCUT2D eigenvalue weighted by Crippen LogP contribution is 2.33. The Hall–Kier alpha value is -1.16. The van der Waals surface area contributed by atoms with Gasteiger partial charge in [-0.15, -0.1) is 6.58 Å². The van der Waals surface area contributed by atoms with Crippen molar-refractivity contribution in [1.82, 2.24) is 0 Å². The predicted octanol–water partition coefficient (Wildman–Crippen LogP) is 2.99. The molecule has 4 nitrogen and oxygen atoms in total. The number of allylic oxidation sites excluding steroid dienone is 1. The van der Waals surface area contributed by atoms with Crippen LogP contribution >= 0.6 is 0 Å². The number of Topliss-reactive ketones (excluding diaryl/α,β-unsaturated/α-hetero) is 1. The van der Waals surface area contributed by atoms with E-state index >= 15 is 0 Å². The molecule has 2 unspecified atom stereocenters. The Morgan fingerprint density at radius 3 is 2.24 bits per heavy atom. The summed E-state index contributed by atoms with van der Waals surface area (Å²) in [6.07, 6.45) is 1.50. The third-order valence-corrected chi connectivity index (χ3v) is 4.69. The number of rotatable bonds is 9. The number of hydrogen-bond acceptors (Lipinski definition) is 4. The molecule has 0 fully saturated rings. The molecule has 0 radical (unpaired) electrons. The fourth-order valence-electron chi connectivity index (χ4n) is 2.46. The Labute approximate surface area is 128 Å². The molecule has 0 aromatic carbocycles. The maximum absolute atomic E-state index is 12.7. The summed E-state index contributed by atoms with van der Waals surface area (Å²) in [4.78, 5) is 24.0. The minimum absolute atomic E-state index is 0.0256. The van der Waals surface area contributed by atoms with Crippen LogP contribution in [0.3, 0.4) is 0 Å². The number of aliphatic hydroxyl groups is 1. The largest absolute Gasteiger partial charge is 0.469 e. The molecule has 4 heteroatoms. The number of methoxy groups -OCH3 is 1. The monoisotopic (exact) mass is 298 g/mol. The van der Waals surface area contributed by atoms with Crippen LogP contribution in [0, 0.1) is 23.2 Å². The summed E-state index contributed by atoms with van der Waals surface area (Å²) in [6.45, 7) is 13.1. The summed E-state index contributed by atoms with van der Waals surface area (Å²) in [5.74, 6) is -0.205. The first-order valence-corrected chi connectivity index (χ1v) is 7.49. The van der Waals surface area contributed by atoms with Crippen molar-refractivity contribution in [3.63, 3.8) is 0 Å². The summed E-state index contributed by atoms with van der Waals surface area (Å²) in [7, 11) is 1.27. The van der Waals surface area contributed by atoms with Crippen LogP contribution in [0.5, 0.6) is 0 Å². The smallest absolute Gasteiger partial charge is 0.308 e.